The summed E-state index contributed by atoms with van der Waals surface area (Å²) in [5.41, 5.74) is 11.1. The van der Waals surface area contributed by atoms with E-state index < -0.39 is 0 Å². The quantitative estimate of drug-likeness (QED) is 0.229. The lowest BCUT2D eigenvalue weighted by Gasteiger charge is -2.20. The van der Waals surface area contributed by atoms with Gasteiger partial charge in [0.25, 0.3) is 0 Å². The van der Waals surface area contributed by atoms with Crippen LogP contribution in [0.25, 0.3) is 0 Å². The molecule has 0 amide bonds. The molecule has 4 nitrogen and oxygen atoms in total. The predicted octanol–water partition coefficient (Wildman–Crippen LogP) is 7.13. The zero-order chi connectivity index (χ0) is 27.0. The third-order valence-corrected chi connectivity index (χ3v) is 7.55. The molecule has 0 heterocycles. The van der Waals surface area contributed by atoms with E-state index in [1.807, 2.05) is 77.9 Å². The fourth-order valence-corrected chi connectivity index (χ4v) is 5.19. The molecule has 192 valence electrons. The molecule has 4 aromatic carbocycles. The maximum Gasteiger partial charge on any atom is 0.122 e. The summed E-state index contributed by atoms with van der Waals surface area (Å²) in [5.74, 6) is 0.968. The second kappa shape index (κ2) is 10.2. The van der Waals surface area contributed by atoms with Crippen molar-refractivity contribution in [1.82, 2.24) is 0 Å². The molecule has 0 fully saturated rings. The summed E-state index contributed by atoms with van der Waals surface area (Å²) < 4.78 is 0. The molecule has 0 aliphatic heterocycles. The number of hydrogen-bond donors (Lipinski definition) is 4. The van der Waals surface area contributed by atoms with Crippen LogP contribution in [0.15, 0.2) is 48.5 Å². The first-order chi connectivity index (χ1) is 17.5. The molecule has 37 heavy (non-hydrogen) atoms. The van der Waals surface area contributed by atoms with Gasteiger partial charge in [0.1, 0.15) is 23.0 Å². The Bertz CT molecular complexity index is 1380. The Morgan fingerprint density at radius 3 is 1.22 bits per heavy atom. The van der Waals surface area contributed by atoms with Crippen molar-refractivity contribution in [2.45, 2.75) is 60.8 Å². The Hall–Kier alpha value is -3.92. The van der Waals surface area contributed by atoms with Crippen molar-refractivity contribution in [3.63, 3.8) is 0 Å². The molecule has 0 unspecified atom stereocenters. The van der Waals surface area contributed by atoms with Crippen molar-refractivity contribution in [2.75, 3.05) is 0 Å². The van der Waals surface area contributed by atoms with Crippen molar-refractivity contribution in [3.8, 4) is 23.0 Å². The van der Waals surface area contributed by atoms with Crippen LogP contribution in [-0.2, 0) is 19.3 Å². The van der Waals surface area contributed by atoms with Crippen molar-refractivity contribution in [1.29, 1.82) is 0 Å². The van der Waals surface area contributed by atoms with Crippen LogP contribution >= 0.6 is 0 Å². The van der Waals surface area contributed by atoms with Crippen LogP contribution in [0.2, 0.25) is 0 Å². The highest BCUT2D eigenvalue weighted by atomic mass is 16.3. The minimum Gasteiger partial charge on any atom is -0.508 e. The average molecular weight is 497 g/mol. The van der Waals surface area contributed by atoms with Crippen molar-refractivity contribution < 1.29 is 20.4 Å². The summed E-state index contributed by atoms with van der Waals surface area (Å²) >= 11 is 0. The van der Waals surface area contributed by atoms with Crippen LogP contribution in [0.5, 0.6) is 23.0 Å². The smallest absolute Gasteiger partial charge is 0.122 e. The van der Waals surface area contributed by atoms with Crippen molar-refractivity contribution >= 4 is 0 Å². The molecule has 0 radical (unpaired) electrons. The zero-order valence-electron chi connectivity index (χ0n) is 22.5. The van der Waals surface area contributed by atoms with Gasteiger partial charge in [0, 0.05) is 24.0 Å². The van der Waals surface area contributed by atoms with Gasteiger partial charge in [-0.2, -0.15) is 0 Å². The van der Waals surface area contributed by atoms with E-state index in [4.69, 9.17) is 0 Å². The van der Waals surface area contributed by atoms with E-state index in [2.05, 4.69) is 0 Å². The molecule has 0 aromatic heterocycles. The molecule has 4 rings (SSSR count). The highest BCUT2D eigenvalue weighted by Crippen LogP contribution is 2.37. The monoisotopic (exact) mass is 496 g/mol. The second-order valence-electron chi connectivity index (χ2n) is 10.4. The molecule has 4 aromatic rings. The molecular formula is C33H36O4. The summed E-state index contributed by atoms with van der Waals surface area (Å²) in [6, 6.07) is 15.1. The van der Waals surface area contributed by atoms with E-state index >= 15 is 0 Å². The highest BCUT2D eigenvalue weighted by Gasteiger charge is 2.19. The Kier molecular flexibility index (Phi) is 7.22. The number of aromatic hydroxyl groups is 4. The number of phenols is 4. The fourth-order valence-electron chi connectivity index (χ4n) is 5.19. The summed E-state index contributed by atoms with van der Waals surface area (Å²) in [4.78, 5) is 0. The Morgan fingerprint density at radius 2 is 0.838 bits per heavy atom. The number of hydrogen-bond acceptors (Lipinski definition) is 4. The third-order valence-electron chi connectivity index (χ3n) is 7.55. The minimum atomic E-state index is 0.224. The first kappa shape index (κ1) is 26.2. The molecule has 0 saturated carbocycles. The van der Waals surface area contributed by atoms with Gasteiger partial charge in [-0.3, -0.25) is 0 Å². The molecule has 0 spiro atoms. The van der Waals surface area contributed by atoms with Gasteiger partial charge in [0.15, 0.2) is 0 Å². The van der Waals surface area contributed by atoms with E-state index in [0.29, 0.717) is 19.3 Å². The van der Waals surface area contributed by atoms with Gasteiger partial charge >= 0.3 is 0 Å². The van der Waals surface area contributed by atoms with Gasteiger partial charge in [0.2, 0.25) is 0 Å². The van der Waals surface area contributed by atoms with E-state index in [1.165, 1.54) is 0 Å². The maximum atomic E-state index is 10.9. The number of phenolic OH excluding ortho intramolecular Hbond substituents is 4. The molecule has 0 bridgehead atoms. The van der Waals surface area contributed by atoms with E-state index in [-0.39, 0.29) is 23.0 Å². The van der Waals surface area contributed by atoms with Crippen molar-refractivity contribution in [2.24, 2.45) is 0 Å². The molecule has 0 aliphatic rings. The summed E-state index contributed by atoms with van der Waals surface area (Å²) in [6.45, 7) is 11.8. The summed E-state index contributed by atoms with van der Waals surface area (Å²) in [7, 11) is 0. The molecular weight excluding hydrogens is 460 g/mol. The molecule has 4 heteroatoms. The predicted molar refractivity (Wildman–Crippen MR) is 149 cm³/mol. The Morgan fingerprint density at radius 1 is 0.459 bits per heavy atom. The van der Waals surface area contributed by atoms with Gasteiger partial charge in [0.05, 0.1) is 0 Å². The Balaban J connectivity index is 1.76. The maximum absolute atomic E-state index is 10.9. The number of rotatable bonds is 6. The minimum absolute atomic E-state index is 0.224. The molecule has 0 atom stereocenters. The highest BCUT2D eigenvalue weighted by molar-refractivity contribution is 5.56. The van der Waals surface area contributed by atoms with Gasteiger partial charge in [-0.25, -0.2) is 0 Å². The number of benzene rings is 4. The zero-order valence-corrected chi connectivity index (χ0v) is 22.5. The van der Waals surface area contributed by atoms with Crippen LogP contribution in [0.3, 0.4) is 0 Å². The average Bonchev–Trinajstić information content (AvgIpc) is 2.85. The topological polar surface area (TPSA) is 80.9 Å². The first-order valence-electron chi connectivity index (χ1n) is 12.6. The van der Waals surface area contributed by atoms with Gasteiger partial charge < -0.3 is 20.4 Å². The lowest BCUT2D eigenvalue weighted by Crippen LogP contribution is -2.05. The van der Waals surface area contributed by atoms with E-state index in [0.717, 1.165) is 66.8 Å². The van der Waals surface area contributed by atoms with Gasteiger partial charge in [-0.15, -0.1) is 0 Å². The third kappa shape index (κ3) is 5.29. The molecule has 0 saturated heterocycles. The van der Waals surface area contributed by atoms with Crippen LogP contribution in [0.4, 0.5) is 0 Å². The van der Waals surface area contributed by atoms with Crippen LogP contribution < -0.4 is 0 Å². The van der Waals surface area contributed by atoms with Crippen LogP contribution in [-0.4, -0.2) is 20.4 Å². The van der Waals surface area contributed by atoms with E-state index in [9.17, 15) is 20.4 Å². The van der Waals surface area contributed by atoms with Gasteiger partial charge in [-0.1, -0.05) is 47.5 Å². The summed E-state index contributed by atoms with van der Waals surface area (Å²) in [6.07, 6.45) is 1.51. The number of aryl methyl sites for hydroxylation is 4. The Labute approximate surface area is 219 Å². The molecule has 0 aliphatic carbocycles. The normalized spacial score (nSPS) is 11.2. The van der Waals surface area contributed by atoms with Crippen molar-refractivity contribution in [3.05, 3.63) is 115 Å². The largest absolute Gasteiger partial charge is 0.508 e. The standard InChI is InChI=1S/C33H36O4/c1-18-7-9-30(34)26(11-18)16-28-22(5)24(13-20(3)32(28)36)15-25-14-21(4)33(37)29(23(25)6)17-27-12-19(2)8-10-31(27)35/h7-14,34-37H,15-17H2,1-6H3. The van der Waals surface area contributed by atoms with Gasteiger partial charge in [-0.05, 0) is 105 Å². The lowest BCUT2D eigenvalue weighted by molar-refractivity contribution is 0.459. The molecule has 4 N–H and O–H groups in total. The second-order valence-corrected chi connectivity index (χ2v) is 10.4. The van der Waals surface area contributed by atoms with Crippen LogP contribution in [0.1, 0.15) is 66.8 Å². The first-order valence-corrected chi connectivity index (χ1v) is 12.6. The summed E-state index contributed by atoms with van der Waals surface area (Å²) in [5, 5.41) is 42.7. The van der Waals surface area contributed by atoms with E-state index in [1.54, 1.807) is 12.1 Å². The lowest BCUT2D eigenvalue weighted by atomic mass is 9.86. The SMILES string of the molecule is Cc1ccc(O)c(Cc2c(C)c(Cc3cc(C)c(O)c(Cc4cc(C)ccc4O)c3C)cc(C)c2O)c1. The van der Waals surface area contributed by atoms with Crippen LogP contribution in [0, 0.1) is 41.5 Å². The fraction of sp³-hybridized carbons (Fsp3) is 0.273.